The lowest BCUT2D eigenvalue weighted by Crippen LogP contribution is -2.44. The minimum Gasteiger partial charge on any atom is -0.479 e. The van der Waals surface area contributed by atoms with Gasteiger partial charge >= 0.3 is 11.5 Å². The van der Waals surface area contributed by atoms with Gasteiger partial charge in [-0.15, -0.1) is 0 Å². The highest BCUT2D eigenvalue weighted by Crippen LogP contribution is 2.40. The van der Waals surface area contributed by atoms with Crippen molar-refractivity contribution in [2.24, 2.45) is 0 Å². The number of aryl methyl sites for hydroxylation is 1. The van der Waals surface area contributed by atoms with Crippen LogP contribution < -0.4 is 20.1 Å². The number of benzene rings is 1. The van der Waals surface area contributed by atoms with Gasteiger partial charge in [0.05, 0.1) is 28.7 Å². The molecule has 3 aromatic rings. The van der Waals surface area contributed by atoms with Crippen molar-refractivity contribution >= 4 is 46.2 Å². The van der Waals surface area contributed by atoms with E-state index in [9.17, 15) is 28.4 Å². The van der Waals surface area contributed by atoms with Gasteiger partial charge in [-0.05, 0) is 50.7 Å². The van der Waals surface area contributed by atoms with Gasteiger partial charge in [-0.1, -0.05) is 13.8 Å². The van der Waals surface area contributed by atoms with E-state index < -0.39 is 53.3 Å². The molecule has 14 heteroatoms. The molecule has 1 aliphatic rings. The number of aromatic nitrogens is 2. The van der Waals surface area contributed by atoms with Crippen molar-refractivity contribution in [3.63, 3.8) is 0 Å². The zero-order valence-corrected chi connectivity index (χ0v) is 23.2. The van der Waals surface area contributed by atoms with Crippen molar-refractivity contribution in [3.05, 3.63) is 63.5 Å². The first-order chi connectivity index (χ1) is 19.2. The monoisotopic (exact) mass is 587 g/mol. The number of halogens is 3. The quantitative estimate of drug-likeness (QED) is 0.387. The third-order valence-electron chi connectivity index (χ3n) is 6.71. The Labute approximate surface area is 237 Å². The van der Waals surface area contributed by atoms with Crippen LogP contribution in [-0.2, 0) is 21.9 Å². The average Bonchev–Trinajstić information content (AvgIpc) is 3.10. The number of carbonyl (C=O) groups is 2. The summed E-state index contributed by atoms with van der Waals surface area (Å²) in [4.78, 5) is 44.3. The minimum absolute atomic E-state index is 0.0188. The van der Waals surface area contributed by atoms with Crippen molar-refractivity contribution in [2.45, 2.75) is 52.0 Å². The molecule has 0 spiro atoms. The number of fused-ring (bicyclic) bond motifs is 1. The van der Waals surface area contributed by atoms with E-state index in [4.69, 9.17) is 22.1 Å². The van der Waals surface area contributed by atoms with E-state index in [0.717, 1.165) is 21.4 Å². The predicted octanol–water partition coefficient (Wildman–Crippen LogP) is 4.15. The van der Waals surface area contributed by atoms with Crippen molar-refractivity contribution in [1.82, 2.24) is 9.38 Å². The molecule has 1 aliphatic heterocycles. The van der Waals surface area contributed by atoms with Crippen molar-refractivity contribution < 1.29 is 32.6 Å². The van der Waals surface area contributed by atoms with E-state index in [-0.39, 0.29) is 45.6 Å². The molecule has 2 aromatic heterocycles. The summed E-state index contributed by atoms with van der Waals surface area (Å²) >= 11 is 5.58. The summed E-state index contributed by atoms with van der Waals surface area (Å²) in [5.41, 5.74) is -3.53. The van der Waals surface area contributed by atoms with Gasteiger partial charge < -0.3 is 14.7 Å². The number of hydrogen-bond donors (Lipinski definition) is 1. The van der Waals surface area contributed by atoms with Crippen LogP contribution in [0.25, 0.3) is 5.65 Å². The number of carbonyl (C=O) groups excluding carboxylic acids is 1. The van der Waals surface area contributed by atoms with Crippen LogP contribution in [0.4, 0.5) is 24.5 Å². The fraction of sp³-hybridized carbons (Fsp3) is 0.333. The van der Waals surface area contributed by atoms with Crippen LogP contribution in [0.3, 0.4) is 0 Å². The number of nitriles is 1. The largest absolute Gasteiger partial charge is 0.479 e. The van der Waals surface area contributed by atoms with Crippen LogP contribution >= 0.6 is 12.2 Å². The summed E-state index contributed by atoms with van der Waals surface area (Å²) in [5, 5.41) is 18.1. The Morgan fingerprint density at radius 2 is 1.90 bits per heavy atom. The molecule has 3 heterocycles. The number of carboxylic acids is 1. The highest BCUT2D eigenvalue weighted by atomic mass is 32.1. The van der Waals surface area contributed by atoms with Gasteiger partial charge in [-0.25, -0.2) is 22.9 Å². The third kappa shape index (κ3) is 4.86. The van der Waals surface area contributed by atoms with Gasteiger partial charge in [0.25, 0.3) is 11.8 Å². The average molecular weight is 588 g/mol. The second-order valence-electron chi connectivity index (χ2n) is 9.69. The molecule has 0 radical (unpaired) electrons. The number of hydrogen-bond acceptors (Lipinski definition) is 7. The Balaban J connectivity index is 1.87. The van der Waals surface area contributed by atoms with Crippen molar-refractivity contribution in [2.75, 3.05) is 16.4 Å². The van der Waals surface area contributed by atoms with Crippen LogP contribution in [0.15, 0.2) is 35.3 Å². The maximum absolute atomic E-state index is 15.4. The predicted molar refractivity (Wildman–Crippen MR) is 146 cm³/mol. The summed E-state index contributed by atoms with van der Waals surface area (Å²) in [7, 11) is 0. The first-order valence-corrected chi connectivity index (χ1v) is 12.8. The number of rotatable bonds is 8. The molecular weight excluding hydrogens is 563 g/mol. The lowest BCUT2D eigenvalue weighted by molar-refractivity contribution is -0.139. The Kier molecular flexibility index (Phi) is 7.53. The van der Waals surface area contributed by atoms with Crippen LogP contribution in [-0.4, -0.2) is 43.6 Å². The van der Waals surface area contributed by atoms with Gasteiger partial charge in [-0.3, -0.25) is 18.9 Å². The number of anilines is 2. The molecule has 4 rings (SSSR count). The normalized spacial score (nSPS) is 15.0. The SMILES string of the molecule is CCc1nc2c(F)cc(N3C(=S)N(c4ccc(C#N)c(C(F)(F)CC)c4)C(=O)C3(C)C)cn2c(=O)c1OCC(=O)O. The smallest absolute Gasteiger partial charge is 0.341 e. The minimum atomic E-state index is -3.35. The van der Waals surface area contributed by atoms with Crippen molar-refractivity contribution in [3.8, 4) is 11.8 Å². The molecule has 214 valence electrons. The fourth-order valence-corrected chi connectivity index (χ4v) is 5.09. The number of alkyl halides is 2. The first kappa shape index (κ1) is 29.5. The van der Waals surface area contributed by atoms with Gasteiger partial charge in [0.1, 0.15) is 5.54 Å². The summed E-state index contributed by atoms with van der Waals surface area (Å²) in [6.07, 6.45) is 0.748. The molecule has 10 nitrogen and oxygen atoms in total. The van der Waals surface area contributed by atoms with E-state index in [2.05, 4.69) is 4.98 Å². The van der Waals surface area contributed by atoms with Crippen LogP contribution in [0.2, 0.25) is 0 Å². The van der Waals surface area contributed by atoms with E-state index in [1.807, 2.05) is 0 Å². The van der Waals surface area contributed by atoms with E-state index in [1.54, 1.807) is 13.0 Å². The number of ether oxygens (including phenoxy) is 1. The Morgan fingerprint density at radius 3 is 2.49 bits per heavy atom. The zero-order valence-electron chi connectivity index (χ0n) is 22.4. The van der Waals surface area contributed by atoms with E-state index in [0.29, 0.717) is 0 Å². The molecule has 0 unspecified atom stereocenters. The molecule has 1 saturated heterocycles. The van der Waals surface area contributed by atoms with Gasteiger partial charge in [0.15, 0.2) is 23.2 Å². The van der Waals surface area contributed by atoms with E-state index in [1.165, 1.54) is 44.0 Å². The molecule has 0 atom stereocenters. The van der Waals surface area contributed by atoms with Gasteiger partial charge in [-0.2, -0.15) is 5.26 Å². The summed E-state index contributed by atoms with van der Waals surface area (Å²) in [6.45, 7) is 5.04. The third-order valence-corrected chi connectivity index (χ3v) is 7.08. The summed E-state index contributed by atoms with van der Waals surface area (Å²) < 4.78 is 50.8. The highest BCUT2D eigenvalue weighted by Gasteiger charge is 2.51. The second kappa shape index (κ2) is 10.5. The fourth-order valence-electron chi connectivity index (χ4n) is 4.57. The Bertz CT molecular complexity index is 1720. The lowest BCUT2D eigenvalue weighted by atomic mass is 9.99. The van der Waals surface area contributed by atoms with Crippen LogP contribution in [0.1, 0.15) is 50.9 Å². The molecule has 1 aromatic carbocycles. The molecule has 1 fully saturated rings. The first-order valence-electron chi connectivity index (χ1n) is 12.4. The maximum atomic E-state index is 15.4. The molecule has 0 aliphatic carbocycles. The zero-order chi connectivity index (χ0) is 30.4. The number of amides is 1. The van der Waals surface area contributed by atoms with Crippen LogP contribution in [0, 0.1) is 17.1 Å². The topological polar surface area (TPSA) is 128 Å². The highest BCUT2D eigenvalue weighted by molar-refractivity contribution is 7.81. The number of aliphatic carboxylic acids is 1. The second-order valence-corrected chi connectivity index (χ2v) is 10.1. The molecular formula is C27H24F3N5O5S. The molecule has 41 heavy (non-hydrogen) atoms. The number of carboxylic acid groups (broad SMARTS) is 1. The van der Waals surface area contributed by atoms with Crippen LogP contribution in [0.5, 0.6) is 5.75 Å². The van der Waals surface area contributed by atoms with Gasteiger partial charge in [0.2, 0.25) is 5.75 Å². The number of thiocarbonyl (C=S) groups is 1. The Hall–Kier alpha value is -4.51. The van der Waals surface area contributed by atoms with Crippen molar-refractivity contribution in [1.29, 1.82) is 5.26 Å². The maximum Gasteiger partial charge on any atom is 0.341 e. The molecule has 1 amide bonds. The summed E-state index contributed by atoms with van der Waals surface area (Å²) in [6, 6.07) is 6.27. The van der Waals surface area contributed by atoms with E-state index >= 15 is 4.39 Å². The Morgan fingerprint density at radius 1 is 1.22 bits per heavy atom. The molecule has 1 N–H and O–H groups in total. The summed E-state index contributed by atoms with van der Waals surface area (Å²) in [5.74, 6) is -6.62. The number of nitrogens with zero attached hydrogens (tertiary/aromatic N) is 5. The van der Waals surface area contributed by atoms with Gasteiger partial charge in [0, 0.05) is 24.2 Å². The molecule has 0 bridgehead atoms. The standard InChI is InChI=1S/C27H24F3N5O5S/c1-5-19-21(40-13-20(36)37)23(38)33-12-16(10-18(28)22(33)32-19)35-25(41)34(24(39)26(35,3)4)15-8-7-14(11-31)17(9-15)27(29,30)6-2/h7-10,12H,5-6,13H2,1-4H3,(H,36,37). The number of pyridine rings is 1. The molecule has 0 saturated carbocycles. The lowest BCUT2D eigenvalue weighted by Gasteiger charge is -2.29.